The summed E-state index contributed by atoms with van der Waals surface area (Å²) < 4.78 is 21.2. The molecule has 0 aliphatic carbocycles. The molecule has 3 rings (SSSR count). The quantitative estimate of drug-likeness (QED) is 0.312. The molecule has 2 heterocycles. The molecule has 1 aromatic carbocycles. The van der Waals surface area contributed by atoms with Crippen molar-refractivity contribution in [3.8, 4) is 11.5 Å². The number of hydrogen-bond acceptors (Lipinski definition) is 8. The van der Waals surface area contributed by atoms with E-state index in [9.17, 15) is 19.2 Å². The van der Waals surface area contributed by atoms with Crippen molar-refractivity contribution in [2.45, 2.75) is 33.2 Å². The maximum absolute atomic E-state index is 12.9. The first-order valence-electron chi connectivity index (χ1n) is 10.2. The molecule has 32 heavy (non-hydrogen) atoms. The molecular formula is C22H24N2O8. The van der Waals surface area contributed by atoms with Crippen LogP contribution < -0.4 is 14.4 Å². The molecule has 1 aliphatic heterocycles. The average molecular weight is 444 g/mol. The van der Waals surface area contributed by atoms with Gasteiger partial charge in [0.25, 0.3) is 0 Å². The van der Waals surface area contributed by atoms with Crippen molar-refractivity contribution in [3.05, 3.63) is 41.9 Å². The molecule has 170 valence electrons. The Morgan fingerprint density at radius 1 is 0.938 bits per heavy atom. The van der Waals surface area contributed by atoms with Crippen molar-refractivity contribution in [2.75, 3.05) is 25.2 Å². The summed E-state index contributed by atoms with van der Waals surface area (Å²) in [4.78, 5) is 51.1. The molecule has 0 unspecified atom stereocenters. The molecule has 0 spiro atoms. The molecule has 0 bridgehead atoms. The van der Waals surface area contributed by atoms with Crippen LogP contribution in [-0.2, 0) is 20.9 Å². The number of hydrogen-bond donors (Lipinski definition) is 0. The molecule has 4 amide bonds. The number of carbonyl (C=O) groups is 4. The fourth-order valence-corrected chi connectivity index (χ4v) is 2.99. The lowest BCUT2D eigenvalue weighted by Crippen LogP contribution is -2.33. The summed E-state index contributed by atoms with van der Waals surface area (Å²) in [5.74, 6) is -1.78. The lowest BCUT2D eigenvalue weighted by atomic mass is 10.2. The lowest BCUT2D eigenvalue weighted by Gasteiger charge is -2.18. The maximum atomic E-state index is 12.9. The Kier molecular flexibility index (Phi) is 7.14. The van der Waals surface area contributed by atoms with E-state index >= 15 is 0 Å². The third-order valence-electron chi connectivity index (χ3n) is 4.52. The molecule has 1 aliphatic rings. The van der Waals surface area contributed by atoms with E-state index in [1.54, 1.807) is 6.07 Å². The highest BCUT2D eigenvalue weighted by molar-refractivity contribution is 6.52. The first-order chi connectivity index (χ1) is 15.4. The molecular weight excluding hydrogens is 420 g/mol. The van der Waals surface area contributed by atoms with Crippen LogP contribution in [0.5, 0.6) is 11.5 Å². The Labute approximate surface area is 184 Å². The van der Waals surface area contributed by atoms with Crippen LogP contribution in [0, 0.1) is 0 Å². The van der Waals surface area contributed by atoms with E-state index in [1.165, 1.54) is 31.4 Å². The predicted octanol–water partition coefficient (Wildman–Crippen LogP) is 3.14. The monoisotopic (exact) mass is 444 g/mol. The number of anilines is 1. The zero-order valence-corrected chi connectivity index (χ0v) is 18.1. The van der Waals surface area contributed by atoms with Gasteiger partial charge in [-0.25, -0.2) is 19.4 Å². The Morgan fingerprint density at radius 3 is 2.28 bits per heavy atom. The predicted molar refractivity (Wildman–Crippen MR) is 111 cm³/mol. The standard InChI is InChI=1S/C22H24N2O8/c1-4-10-30-16-8-6-14(12-18(16)31-11-5-2)24-20(26)19(25)23(22(24)28)13-15-7-9-17(32-15)21(27)29-3/h6-9,12H,4-5,10-11,13H2,1-3H3. The zero-order chi connectivity index (χ0) is 23.3. The van der Waals surface area contributed by atoms with E-state index in [4.69, 9.17) is 13.9 Å². The SMILES string of the molecule is CCCOc1ccc(N2C(=O)C(=O)N(Cc3ccc(C(=O)OC)o3)C2=O)cc1OCCC. The number of rotatable bonds is 10. The van der Waals surface area contributed by atoms with Gasteiger partial charge in [-0.1, -0.05) is 13.8 Å². The maximum Gasteiger partial charge on any atom is 0.373 e. The van der Waals surface area contributed by atoms with Crippen LogP contribution in [-0.4, -0.2) is 49.0 Å². The number of carbonyl (C=O) groups excluding carboxylic acids is 4. The van der Waals surface area contributed by atoms with E-state index in [2.05, 4.69) is 4.74 Å². The van der Waals surface area contributed by atoms with Gasteiger partial charge in [0, 0.05) is 6.07 Å². The summed E-state index contributed by atoms with van der Waals surface area (Å²) in [5.41, 5.74) is 0.181. The first kappa shape index (κ1) is 22.9. The number of nitrogens with zero attached hydrogens (tertiary/aromatic N) is 2. The minimum absolute atomic E-state index is 0.0786. The van der Waals surface area contributed by atoms with Crippen LogP contribution in [0.2, 0.25) is 0 Å². The Balaban J connectivity index is 1.84. The van der Waals surface area contributed by atoms with E-state index in [0.29, 0.717) is 24.7 Å². The molecule has 2 aromatic rings. The van der Waals surface area contributed by atoms with Crippen molar-refractivity contribution in [1.29, 1.82) is 0 Å². The summed E-state index contributed by atoms with van der Waals surface area (Å²) in [7, 11) is 1.20. The van der Waals surface area contributed by atoms with Gasteiger partial charge >= 0.3 is 23.8 Å². The van der Waals surface area contributed by atoms with Crippen LogP contribution in [0.25, 0.3) is 0 Å². The Hall–Kier alpha value is -3.82. The van der Waals surface area contributed by atoms with Gasteiger partial charge in [0.1, 0.15) is 5.76 Å². The number of furan rings is 1. The highest BCUT2D eigenvalue weighted by Gasteiger charge is 2.46. The molecule has 0 saturated carbocycles. The smallest absolute Gasteiger partial charge is 0.373 e. The Bertz CT molecular complexity index is 1030. The number of esters is 1. The second kappa shape index (κ2) is 9.99. The average Bonchev–Trinajstić information content (AvgIpc) is 3.35. The van der Waals surface area contributed by atoms with Gasteiger partial charge < -0.3 is 18.6 Å². The van der Waals surface area contributed by atoms with Crippen LogP contribution in [0.4, 0.5) is 10.5 Å². The highest BCUT2D eigenvalue weighted by Crippen LogP contribution is 2.34. The van der Waals surface area contributed by atoms with Crippen LogP contribution in [0.15, 0.2) is 34.7 Å². The summed E-state index contributed by atoms with van der Waals surface area (Å²) in [6.07, 6.45) is 1.55. The van der Waals surface area contributed by atoms with Crippen molar-refractivity contribution in [2.24, 2.45) is 0 Å². The zero-order valence-electron chi connectivity index (χ0n) is 18.1. The van der Waals surface area contributed by atoms with Crippen molar-refractivity contribution < 1.29 is 37.8 Å². The molecule has 0 atom stereocenters. The summed E-state index contributed by atoms with van der Waals surface area (Å²) in [6, 6.07) is 6.56. The fourth-order valence-electron chi connectivity index (χ4n) is 2.99. The number of ether oxygens (including phenoxy) is 3. The third-order valence-corrected chi connectivity index (χ3v) is 4.52. The van der Waals surface area contributed by atoms with Gasteiger partial charge in [0.2, 0.25) is 5.76 Å². The number of urea groups is 1. The number of imide groups is 2. The van der Waals surface area contributed by atoms with Crippen LogP contribution in [0.3, 0.4) is 0 Å². The summed E-state index contributed by atoms with van der Waals surface area (Å²) in [6.45, 7) is 4.50. The van der Waals surface area contributed by atoms with Gasteiger partial charge in [-0.2, -0.15) is 0 Å². The van der Waals surface area contributed by atoms with Crippen LogP contribution >= 0.6 is 0 Å². The normalized spacial score (nSPS) is 13.7. The minimum Gasteiger partial charge on any atom is -0.490 e. The van der Waals surface area contributed by atoms with E-state index in [0.717, 1.165) is 22.6 Å². The van der Waals surface area contributed by atoms with Gasteiger partial charge in [-0.3, -0.25) is 9.59 Å². The lowest BCUT2D eigenvalue weighted by molar-refractivity contribution is -0.139. The fraction of sp³-hybridized carbons (Fsp3) is 0.364. The molecule has 1 fully saturated rings. The van der Waals surface area contributed by atoms with E-state index in [1.807, 2.05) is 13.8 Å². The minimum atomic E-state index is -1.01. The van der Waals surface area contributed by atoms with Crippen molar-refractivity contribution in [3.63, 3.8) is 0 Å². The first-order valence-corrected chi connectivity index (χ1v) is 10.2. The summed E-state index contributed by atoms with van der Waals surface area (Å²) >= 11 is 0. The van der Waals surface area contributed by atoms with Gasteiger partial charge in [0.05, 0.1) is 32.6 Å². The van der Waals surface area contributed by atoms with Gasteiger partial charge in [0.15, 0.2) is 11.5 Å². The van der Waals surface area contributed by atoms with Gasteiger partial charge in [-0.15, -0.1) is 0 Å². The number of benzene rings is 1. The third kappa shape index (κ3) is 4.58. The molecule has 1 saturated heterocycles. The van der Waals surface area contributed by atoms with E-state index < -0.39 is 23.8 Å². The van der Waals surface area contributed by atoms with Crippen molar-refractivity contribution in [1.82, 2.24) is 4.90 Å². The number of amides is 4. The van der Waals surface area contributed by atoms with Gasteiger partial charge in [-0.05, 0) is 37.1 Å². The van der Waals surface area contributed by atoms with E-state index in [-0.39, 0.29) is 23.8 Å². The molecule has 0 radical (unpaired) electrons. The van der Waals surface area contributed by atoms with Crippen molar-refractivity contribution >= 4 is 29.5 Å². The number of methoxy groups -OCH3 is 1. The molecule has 1 aromatic heterocycles. The summed E-state index contributed by atoms with van der Waals surface area (Å²) in [5, 5.41) is 0. The molecule has 10 nitrogen and oxygen atoms in total. The molecule has 10 heteroatoms. The largest absolute Gasteiger partial charge is 0.490 e. The second-order valence-corrected chi connectivity index (χ2v) is 6.90. The second-order valence-electron chi connectivity index (χ2n) is 6.90. The Morgan fingerprint density at radius 2 is 1.62 bits per heavy atom. The highest BCUT2D eigenvalue weighted by atomic mass is 16.5. The molecule has 0 N–H and O–H groups in total. The van der Waals surface area contributed by atoms with Crippen LogP contribution in [0.1, 0.15) is 43.0 Å². The topological polar surface area (TPSA) is 116 Å².